The van der Waals surface area contributed by atoms with Gasteiger partial charge in [0.05, 0.1) is 0 Å². The number of hydrogen-bond acceptors (Lipinski definition) is 7. The molecule has 0 aliphatic rings. The summed E-state index contributed by atoms with van der Waals surface area (Å²) >= 11 is 0. The highest BCUT2D eigenvalue weighted by Crippen LogP contribution is 2.49. The normalized spacial score (nSPS) is 10.7. The Morgan fingerprint density at radius 1 is 0.500 bits per heavy atom. The third-order valence-electron chi connectivity index (χ3n) is 4.00. The molecule has 3 aromatic carbocycles. The average Bonchev–Trinajstić information content (AvgIpc) is 2.57. The van der Waals surface area contributed by atoms with E-state index in [1.54, 1.807) is 20.8 Å². The summed E-state index contributed by atoms with van der Waals surface area (Å²) in [6.45, 7) is 5.11. The van der Waals surface area contributed by atoms with Gasteiger partial charge in [0, 0.05) is 0 Å². The lowest BCUT2D eigenvalue weighted by atomic mass is 10.1. The smallest absolute Gasteiger partial charge is 0.211 e. The average molecular weight is 384 g/mol. The lowest BCUT2D eigenvalue weighted by Crippen LogP contribution is -1.94. The summed E-state index contributed by atoms with van der Waals surface area (Å²) < 4.78 is 11.2. The number of phenolic OH excluding ortho intramolecular Hbond substituents is 5. The molecule has 0 saturated carbocycles. The van der Waals surface area contributed by atoms with Crippen molar-refractivity contribution in [2.45, 2.75) is 20.8 Å². The molecule has 7 nitrogen and oxygen atoms in total. The van der Waals surface area contributed by atoms with Crippen molar-refractivity contribution < 1.29 is 35.0 Å². The van der Waals surface area contributed by atoms with Gasteiger partial charge >= 0.3 is 0 Å². The highest BCUT2D eigenvalue weighted by Gasteiger charge is 2.20. The van der Waals surface area contributed by atoms with E-state index in [9.17, 15) is 25.5 Å². The van der Waals surface area contributed by atoms with Crippen LogP contribution in [0.4, 0.5) is 0 Å². The highest BCUT2D eigenvalue weighted by atomic mass is 16.5. The molecular formula is C21H20O7. The molecule has 3 aromatic rings. The van der Waals surface area contributed by atoms with Gasteiger partial charge in [-0.1, -0.05) is 0 Å². The van der Waals surface area contributed by atoms with Crippen LogP contribution in [0, 0.1) is 20.8 Å². The van der Waals surface area contributed by atoms with Crippen LogP contribution in [0.3, 0.4) is 0 Å². The Bertz CT molecular complexity index is 1030. The highest BCUT2D eigenvalue weighted by molar-refractivity contribution is 5.61. The number of rotatable bonds is 4. The summed E-state index contributed by atoms with van der Waals surface area (Å²) in [6, 6.07) is 8.61. The zero-order chi connectivity index (χ0) is 20.6. The van der Waals surface area contributed by atoms with Crippen LogP contribution < -0.4 is 9.47 Å². The first kappa shape index (κ1) is 19.0. The van der Waals surface area contributed by atoms with Gasteiger partial charge in [-0.3, -0.25) is 0 Å². The van der Waals surface area contributed by atoms with Gasteiger partial charge in [-0.25, -0.2) is 0 Å². The second-order valence-corrected chi connectivity index (χ2v) is 6.58. The SMILES string of the molecule is Cc1cc(O)c(Oc2c(O)cc(C)cc2Oc2cc(C)cc(O)c2O)c(O)c1. The molecule has 0 fully saturated rings. The third-order valence-corrected chi connectivity index (χ3v) is 4.00. The molecule has 0 aliphatic carbocycles. The van der Waals surface area contributed by atoms with Crippen molar-refractivity contribution in [2.75, 3.05) is 0 Å². The van der Waals surface area contributed by atoms with E-state index >= 15 is 0 Å². The third kappa shape index (κ3) is 3.68. The summed E-state index contributed by atoms with van der Waals surface area (Å²) in [6.07, 6.45) is 0. The summed E-state index contributed by atoms with van der Waals surface area (Å²) in [5.41, 5.74) is 1.89. The molecule has 0 radical (unpaired) electrons. The van der Waals surface area contributed by atoms with Crippen LogP contribution in [0.5, 0.6) is 51.7 Å². The van der Waals surface area contributed by atoms with E-state index in [1.165, 1.54) is 36.4 Å². The minimum Gasteiger partial charge on any atom is -0.504 e. The Hall–Kier alpha value is -3.74. The molecule has 7 heteroatoms. The summed E-state index contributed by atoms with van der Waals surface area (Å²) in [5, 5.41) is 50.4. The number of aromatic hydroxyl groups is 5. The molecule has 146 valence electrons. The van der Waals surface area contributed by atoms with E-state index in [4.69, 9.17) is 9.47 Å². The lowest BCUT2D eigenvalue weighted by molar-refractivity contribution is 0.337. The van der Waals surface area contributed by atoms with Crippen molar-refractivity contribution in [3.8, 4) is 51.7 Å². The first-order chi connectivity index (χ1) is 13.2. The predicted octanol–water partition coefficient (Wildman–Crippen LogP) is 4.72. The molecule has 28 heavy (non-hydrogen) atoms. The van der Waals surface area contributed by atoms with Crippen molar-refractivity contribution >= 4 is 0 Å². The maximum Gasteiger partial charge on any atom is 0.211 e. The van der Waals surface area contributed by atoms with Crippen molar-refractivity contribution in [1.82, 2.24) is 0 Å². The summed E-state index contributed by atoms with van der Waals surface area (Å²) in [7, 11) is 0. The molecular weight excluding hydrogens is 364 g/mol. The van der Waals surface area contributed by atoms with Gasteiger partial charge in [0.1, 0.15) is 0 Å². The van der Waals surface area contributed by atoms with Crippen molar-refractivity contribution in [3.63, 3.8) is 0 Å². The van der Waals surface area contributed by atoms with Crippen molar-refractivity contribution in [2.24, 2.45) is 0 Å². The van der Waals surface area contributed by atoms with Crippen LogP contribution in [-0.4, -0.2) is 25.5 Å². The van der Waals surface area contributed by atoms with E-state index < -0.39 is 5.75 Å². The molecule has 0 heterocycles. The zero-order valence-electron chi connectivity index (χ0n) is 15.5. The van der Waals surface area contributed by atoms with Crippen LogP contribution in [0.25, 0.3) is 0 Å². The van der Waals surface area contributed by atoms with E-state index in [-0.39, 0.29) is 46.0 Å². The number of ether oxygens (including phenoxy) is 2. The topological polar surface area (TPSA) is 120 Å². The fraction of sp³-hybridized carbons (Fsp3) is 0.143. The Morgan fingerprint density at radius 2 is 0.929 bits per heavy atom. The molecule has 0 aromatic heterocycles. The van der Waals surface area contributed by atoms with Crippen LogP contribution in [0.15, 0.2) is 36.4 Å². The lowest BCUT2D eigenvalue weighted by Gasteiger charge is -2.17. The monoisotopic (exact) mass is 384 g/mol. The Balaban J connectivity index is 2.09. The Labute approximate surface area is 161 Å². The van der Waals surface area contributed by atoms with Gasteiger partial charge in [0.2, 0.25) is 17.2 Å². The number of benzene rings is 3. The standard InChI is InChI=1S/C21H20O7/c1-10-5-14(23)20(15(24)6-10)28-21-16(25)7-12(3)9-18(21)27-17-8-11(2)4-13(22)19(17)26/h4-9,22-26H,1-3H3. The first-order valence-electron chi connectivity index (χ1n) is 8.40. The van der Waals surface area contributed by atoms with Gasteiger partial charge in [0.15, 0.2) is 34.5 Å². The molecule has 0 atom stereocenters. The zero-order valence-corrected chi connectivity index (χ0v) is 15.5. The van der Waals surface area contributed by atoms with Gasteiger partial charge < -0.3 is 35.0 Å². The van der Waals surface area contributed by atoms with Crippen LogP contribution in [0.2, 0.25) is 0 Å². The molecule has 0 aliphatic heterocycles. The summed E-state index contributed by atoms with van der Waals surface area (Å²) in [5.74, 6) is -2.25. The Morgan fingerprint density at radius 3 is 1.50 bits per heavy atom. The minimum atomic E-state index is -0.474. The molecule has 3 rings (SSSR count). The number of phenols is 5. The van der Waals surface area contributed by atoms with Crippen molar-refractivity contribution in [1.29, 1.82) is 0 Å². The molecule has 5 N–H and O–H groups in total. The van der Waals surface area contributed by atoms with Crippen LogP contribution in [0.1, 0.15) is 16.7 Å². The van der Waals surface area contributed by atoms with E-state index in [1.807, 2.05) is 0 Å². The predicted molar refractivity (Wildman–Crippen MR) is 102 cm³/mol. The molecule has 0 amide bonds. The first-order valence-corrected chi connectivity index (χ1v) is 8.40. The van der Waals surface area contributed by atoms with E-state index in [0.717, 1.165) is 0 Å². The van der Waals surface area contributed by atoms with Crippen LogP contribution in [-0.2, 0) is 0 Å². The molecule has 0 spiro atoms. The molecule has 0 unspecified atom stereocenters. The number of hydrogen-bond donors (Lipinski definition) is 5. The van der Waals surface area contributed by atoms with Gasteiger partial charge in [-0.2, -0.15) is 0 Å². The fourth-order valence-corrected chi connectivity index (χ4v) is 2.77. The maximum absolute atomic E-state index is 10.3. The summed E-state index contributed by atoms with van der Waals surface area (Å²) in [4.78, 5) is 0. The fourth-order valence-electron chi connectivity index (χ4n) is 2.77. The maximum atomic E-state index is 10.3. The molecule has 0 saturated heterocycles. The van der Waals surface area contributed by atoms with Crippen molar-refractivity contribution in [3.05, 3.63) is 53.1 Å². The van der Waals surface area contributed by atoms with E-state index in [2.05, 4.69) is 0 Å². The van der Waals surface area contributed by atoms with Gasteiger partial charge in [-0.15, -0.1) is 0 Å². The second-order valence-electron chi connectivity index (χ2n) is 6.58. The van der Waals surface area contributed by atoms with E-state index in [0.29, 0.717) is 16.7 Å². The Kier molecular flexibility index (Phi) is 4.83. The quantitative estimate of drug-likeness (QED) is 0.413. The largest absolute Gasteiger partial charge is 0.504 e. The second kappa shape index (κ2) is 7.11. The van der Waals surface area contributed by atoms with Crippen LogP contribution >= 0.6 is 0 Å². The van der Waals surface area contributed by atoms with Gasteiger partial charge in [-0.05, 0) is 73.9 Å². The molecule has 0 bridgehead atoms. The number of aryl methyl sites for hydroxylation is 3. The van der Waals surface area contributed by atoms with Gasteiger partial charge in [0.25, 0.3) is 0 Å². The minimum absolute atomic E-state index is 0.0113.